The topological polar surface area (TPSA) is 934 Å². The number of amides is 16. The summed E-state index contributed by atoms with van der Waals surface area (Å²) in [5, 5.41) is 117. The molecule has 1 aromatic rings. The molecule has 766 valence electrons. The van der Waals surface area contributed by atoms with Gasteiger partial charge in [-0.05, 0) is 171 Å². The number of primary amides is 2. The van der Waals surface area contributed by atoms with Crippen molar-refractivity contribution in [3.63, 3.8) is 0 Å². The number of aliphatic hydroxyl groups excluding tert-OH is 1. The van der Waals surface area contributed by atoms with Crippen LogP contribution in [-0.4, -0.2) is 287 Å². The highest BCUT2D eigenvalue weighted by atomic mass is 16.4. The number of nitrogens with two attached hydrogens (primary N) is 9. The molecule has 16 atom stereocenters. The Morgan fingerprint density at radius 1 is 0.353 bits per heavy atom. The second kappa shape index (κ2) is 65.1. The molecule has 0 aliphatic heterocycles. The van der Waals surface area contributed by atoms with Crippen LogP contribution in [0.3, 0.4) is 0 Å². The number of aliphatic hydroxyl groups is 1. The minimum absolute atomic E-state index is 0.00112. The molecule has 0 bridgehead atoms. The lowest BCUT2D eigenvalue weighted by Crippen LogP contribution is -2.62. The van der Waals surface area contributed by atoms with Crippen molar-refractivity contribution in [2.24, 2.45) is 69.4 Å². The van der Waals surface area contributed by atoms with E-state index in [0.29, 0.717) is 6.42 Å². The van der Waals surface area contributed by atoms with Gasteiger partial charge in [0, 0.05) is 45.4 Å². The van der Waals surface area contributed by atoms with E-state index in [1.807, 2.05) is 0 Å². The monoisotopic (exact) mass is 1930 g/mol. The van der Waals surface area contributed by atoms with Gasteiger partial charge in [0.1, 0.15) is 84.3 Å². The Labute approximate surface area is 788 Å². The molecule has 0 heterocycles. The van der Waals surface area contributed by atoms with Gasteiger partial charge in [-0.2, -0.15) is 0 Å². The molecule has 0 saturated carbocycles. The number of carboxylic acids is 2. The van der Waals surface area contributed by atoms with Crippen LogP contribution >= 0.6 is 0 Å². The van der Waals surface area contributed by atoms with Gasteiger partial charge in [-0.15, -0.1) is 0 Å². The molecule has 53 heteroatoms. The Balaban J connectivity index is 3.91. The average Bonchev–Trinajstić information content (AvgIpc) is 0.845. The molecule has 0 fully saturated rings. The number of aromatic hydroxyl groups is 1. The fraction of sp³-hybridized carbons (Fsp3) is 0.663. The molecule has 0 aliphatic carbocycles. The third-order valence-electron chi connectivity index (χ3n) is 21.0. The van der Waals surface area contributed by atoms with Gasteiger partial charge in [0.2, 0.25) is 94.5 Å². The summed E-state index contributed by atoms with van der Waals surface area (Å²) in [4.78, 5) is 250. The molecular weight excluding hydrogens is 1780 g/mol. The smallest absolute Gasteiger partial charge is 0.326 e. The molecule has 0 unspecified atom stereocenters. The summed E-state index contributed by atoms with van der Waals surface area (Å²) in [5.74, 6) is -22.9. The molecule has 0 aliphatic rings. The standard InChI is InChI=1S/C83H147N31O22/c1-8-44(6)64(77(133)107-53(22-16-36-100-83(95)96)70(126)108-55(79(135)136)28-30-61(88)118)113-73(129)54(27-29-60(87)117)106-69(125)52(21-15-35-99-82(93)94)105-74(130)57(38-43(4)5)112-78(134)65(45(7)115)114-72(128)51(19-10-12-32-85)104-75(131)58(39-46-23-25-47(116)26-24-46)110-71(127)50(18-9-11-31-84)103-76(132)59(40-63(120)121)111-68(124)49(20-14-34-98-81(91)92)102-62(119)41-101-67(123)56(37-42(2)3)109-66(122)48(86)17-13-33-97-80(89)90/h23-26,42-45,48-59,64-65,115-116H,8-22,27-41,84-86H2,1-7H3,(H2,87,117)(H2,88,118)(H,101,123)(H,102,119)(H,103,132)(H,104,131)(H,105,130)(H,106,125)(H,107,133)(H,108,126)(H,109,122)(H,110,127)(H,111,124)(H,112,134)(H,113,129)(H,114,128)(H,120,121)(H,135,136)(H4,89,90,97)(H4,91,92,98)(H4,93,94,99)(H4,95,96,100)/t44-,45+,48-,49-,50-,51-,52-,53-,54-,55-,56-,57-,58-,59-,64-,65-/m0/s1. The summed E-state index contributed by atoms with van der Waals surface area (Å²) in [6.45, 7) is 10.6. The fourth-order valence-corrected chi connectivity index (χ4v) is 13.4. The van der Waals surface area contributed by atoms with E-state index < -0.39 is 272 Å². The molecule has 44 N–H and O–H groups in total. The molecule has 16 amide bonds. The van der Waals surface area contributed by atoms with Crippen LogP contribution in [0.25, 0.3) is 0 Å². The third-order valence-corrected chi connectivity index (χ3v) is 21.0. The number of carbonyl (C=O) groups is 18. The third kappa shape index (κ3) is 51.0. The van der Waals surface area contributed by atoms with E-state index in [1.54, 1.807) is 41.5 Å². The summed E-state index contributed by atoms with van der Waals surface area (Å²) < 4.78 is 0. The van der Waals surface area contributed by atoms with Gasteiger partial charge in [-0.3, -0.25) is 103 Å². The van der Waals surface area contributed by atoms with E-state index >= 15 is 4.79 Å². The minimum Gasteiger partial charge on any atom is -0.508 e. The second-order valence-corrected chi connectivity index (χ2v) is 33.7. The highest BCUT2D eigenvalue weighted by Gasteiger charge is 2.40. The van der Waals surface area contributed by atoms with Crippen LogP contribution in [0, 0.1) is 39.4 Å². The number of rotatable bonds is 70. The summed E-state index contributed by atoms with van der Waals surface area (Å²) in [6, 6.07) is -17.3. The van der Waals surface area contributed by atoms with Crippen LogP contribution < -0.4 is 147 Å². The maximum absolute atomic E-state index is 15.0. The van der Waals surface area contributed by atoms with E-state index in [-0.39, 0.29) is 165 Å². The number of nitrogens with one attached hydrogen (secondary N) is 22. The van der Waals surface area contributed by atoms with Crippen molar-refractivity contribution in [1.82, 2.24) is 95.7 Å². The summed E-state index contributed by atoms with van der Waals surface area (Å²) in [6.07, 6.45) is -5.29. The van der Waals surface area contributed by atoms with E-state index in [2.05, 4.69) is 95.7 Å². The normalized spacial score (nSPS) is 14.6. The van der Waals surface area contributed by atoms with Crippen molar-refractivity contribution in [2.45, 2.75) is 287 Å². The second-order valence-electron chi connectivity index (χ2n) is 33.7. The lowest BCUT2D eigenvalue weighted by Gasteiger charge is -2.30. The summed E-state index contributed by atoms with van der Waals surface area (Å²) in [5.41, 5.74) is 50.6. The SMILES string of the molecule is CC[C@H](C)[C@H](NC(=O)[C@H](CCC(N)=O)NC(=O)[C@H](CCCNC(=N)N)NC(=O)[C@H](CC(C)C)NC(=O)[C@@H](NC(=O)[C@H](CCCCN)NC(=O)[C@H](Cc1ccc(O)cc1)NC(=O)[C@H](CCCCN)NC(=O)[C@H](CC(=O)O)NC(=O)[C@H](CCCNC(=N)N)NC(=O)CNC(=O)[C@H](CC(C)C)NC(=O)[C@@H](N)CCCNC(=N)N)[C@@H](C)O)C(=O)N[C@@H](CCCNC(=N)N)C(=O)N[C@@H](CCC(N)=O)C(=O)O. The van der Waals surface area contributed by atoms with Crippen LogP contribution in [0.15, 0.2) is 24.3 Å². The van der Waals surface area contributed by atoms with Crippen molar-refractivity contribution >= 4 is 130 Å². The number of benzene rings is 1. The minimum atomic E-state index is -2.02. The number of carboxylic acid groups (broad SMARTS) is 2. The zero-order valence-electron chi connectivity index (χ0n) is 78.2. The number of phenols is 1. The molecular formula is C83H147N31O22. The zero-order valence-corrected chi connectivity index (χ0v) is 78.2. The Morgan fingerprint density at radius 2 is 0.669 bits per heavy atom. The van der Waals surface area contributed by atoms with Crippen LogP contribution in [0.4, 0.5) is 0 Å². The maximum Gasteiger partial charge on any atom is 0.326 e. The zero-order chi connectivity index (χ0) is 103. The number of hydrogen-bond acceptors (Lipinski definition) is 27. The molecule has 53 nitrogen and oxygen atoms in total. The number of guanidine groups is 4. The number of phenolic OH excluding ortho intramolecular Hbond substituents is 1. The molecule has 0 radical (unpaired) electrons. The van der Waals surface area contributed by atoms with Crippen molar-refractivity contribution in [3.05, 3.63) is 29.8 Å². The summed E-state index contributed by atoms with van der Waals surface area (Å²) in [7, 11) is 0. The van der Waals surface area contributed by atoms with E-state index in [1.165, 1.54) is 24.3 Å². The Hall–Kier alpha value is -13.6. The van der Waals surface area contributed by atoms with E-state index in [9.17, 15) is 102 Å². The molecule has 1 rings (SSSR count). The lowest BCUT2D eigenvalue weighted by molar-refractivity contribution is -0.143. The van der Waals surface area contributed by atoms with E-state index in [0.717, 1.165) is 6.92 Å². The molecule has 136 heavy (non-hydrogen) atoms. The number of unbranched alkanes of at least 4 members (excludes halogenated alkanes) is 2. The highest BCUT2D eigenvalue weighted by Crippen LogP contribution is 2.18. The van der Waals surface area contributed by atoms with Crippen LogP contribution in [0.1, 0.15) is 195 Å². The Morgan fingerprint density at radius 3 is 1.06 bits per heavy atom. The maximum atomic E-state index is 15.0. The number of hydrogen-bond donors (Lipinski definition) is 35. The van der Waals surface area contributed by atoms with E-state index in [4.69, 9.17) is 73.2 Å². The first kappa shape index (κ1) is 120. The van der Waals surface area contributed by atoms with Crippen LogP contribution in [0.2, 0.25) is 0 Å². The van der Waals surface area contributed by atoms with Gasteiger partial charge in [0.05, 0.1) is 25.1 Å². The highest BCUT2D eigenvalue weighted by molar-refractivity contribution is 6.01. The van der Waals surface area contributed by atoms with Gasteiger partial charge in [-0.25, -0.2) is 4.79 Å². The predicted molar refractivity (Wildman–Crippen MR) is 497 cm³/mol. The van der Waals surface area contributed by atoms with Crippen molar-refractivity contribution in [3.8, 4) is 5.75 Å². The number of aliphatic carboxylic acids is 2. The first-order valence-electron chi connectivity index (χ1n) is 45.1. The first-order valence-corrected chi connectivity index (χ1v) is 45.1. The van der Waals surface area contributed by atoms with Crippen LogP contribution in [-0.2, 0) is 92.7 Å². The summed E-state index contributed by atoms with van der Waals surface area (Å²) >= 11 is 0. The molecule has 0 saturated heterocycles. The van der Waals surface area contributed by atoms with Gasteiger partial charge in [0.15, 0.2) is 23.8 Å². The van der Waals surface area contributed by atoms with Gasteiger partial charge < -0.3 is 168 Å². The molecule has 0 aromatic heterocycles. The molecule has 1 aromatic carbocycles. The lowest BCUT2D eigenvalue weighted by atomic mass is 9.96. The Bertz CT molecular complexity index is 4150. The van der Waals surface area contributed by atoms with Gasteiger partial charge in [0.25, 0.3) is 0 Å². The van der Waals surface area contributed by atoms with Crippen molar-refractivity contribution in [1.29, 1.82) is 21.6 Å². The van der Waals surface area contributed by atoms with Gasteiger partial charge >= 0.3 is 11.9 Å². The van der Waals surface area contributed by atoms with Crippen LogP contribution in [0.5, 0.6) is 5.75 Å². The average molecular weight is 1930 g/mol. The predicted octanol–water partition coefficient (Wildman–Crippen LogP) is -9.40. The van der Waals surface area contributed by atoms with Crippen molar-refractivity contribution in [2.75, 3.05) is 45.8 Å². The van der Waals surface area contributed by atoms with Gasteiger partial charge in [-0.1, -0.05) is 60.1 Å². The molecule has 0 spiro atoms. The first-order chi connectivity index (χ1) is 63.9. The number of carbonyl (C=O) groups excluding carboxylic acids is 16. The van der Waals surface area contributed by atoms with Crippen molar-refractivity contribution < 1.29 is 107 Å². The largest absolute Gasteiger partial charge is 0.508 e. The fourth-order valence-electron chi connectivity index (χ4n) is 13.4. The Kier molecular flexibility index (Phi) is 57.6. The quantitative estimate of drug-likeness (QED) is 0.0164.